The van der Waals surface area contributed by atoms with Crippen LogP contribution in [0.25, 0.3) is 0 Å². The first-order valence-electron chi connectivity index (χ1n) is 9.18. The molecule has 154 valence electrons. The molecule has 0 aliphatic carbocycles. The number of carbonyl (C=O) groups is 3. The molecule has 0 radical (unpaired) electrons. The first kappa shape index (κ1) is 20.7. The maximum atomic E-state index is 12.5. The molecule has 0 saturated carbocycles. The van der Waals surface area contributed by atoms with Gasteiger partial charge in [0.05, 0.1) is 18.9 Å². The van der Waals surface area contributed by atoms with Crippen molar-refractivity contribution in [1.82, 2.24) is 21.2 Å². The lowest BCUT2D eigenvalue weighted by molar-refractivity contribution is -0.119. The molecule has 3 N–H and O–H groups in total. The third kappa shape index (κ3) is 5.52. The van der Waals surface area contributed by atoms with Gasteiger partial charge in [0, 0.05) is 32.1 Å². The Morgan fingerprint density at radius 1 is 1.10 bits per heavy atom. The molecule has 1 aliphatic heterocycles. The fraction of sp³-hybridized carbons (Fsp3) is 0.368. The second kappa shape index (κ2) is 9.48. The van der Waals surface area contributed by atoms with Gasteiger partial charge in [-0.1, -0.05) is 23.5 Å². The largest absolute Gasteiger partial charge is 0.378 e. The van der Waals surface area contributed by atoms with Crippen molar-refractivity contribution >= 4 is 34.2 Å². The predicted octanol–water partition coefficient (Wildman–Crippen LogP) is 0.999. The number of benzene rings is 1. The number of nitrogens with one attached hydrogen (secondary N) is 3. The summed E-state index contributed by atoms with van der Waals surface area (Å²) in [5.74, 6) is -0.959. The van der Waals surface area contributed by atoms with Gasteiger partial charge in [0.2, 0.25) is 5.91 Å². The third-order valence-corrected chi connectivity index (χ3v) is 5.54. The van der Waals surface area contributed by atoms with E-state index in [1.165, 1.54) is 18.3 Å². The average Bonchev–Trinajstić information content (AvgIpc) is 3.13. The van der Waals surface area contributed by atoms with Crippen molar-refractivity contribution in [2.75, 3.05) is 31.2 Å². The molecule has 0 bridgehead atoms. The Balaban J connectivity index is 1.55. The van der Waals surface area contributed by atoms with Crippen LogP contribution in [0.5, 0.6) is 0 Å². The summed E-state index contributed by atoms with van der Waals surface area (Å²) in [5.41, 5.74) is 6.74. The number of thiazole rings is 1. The molecule has 1 saturated heterocycles. The number of aromatic nitrogens is 1. The summed E-state index contributed by atoms with van der Waals surface area (Å²) in [6.45, 7) is 6.36. The van der Waals surface area contributed by atoms with Crippen LogP contribution in [0.15, 0.2) is 24.3 Å². The summed E-state index contributed by atoms with van der Waals surface area (Å²) in [4.78, 5) is 42.7. The Kier molecular flexibility index (Phi) is 6.78. The minimum atomic E-state index is -0.431. The second-order valence-electron chi connectivity index (χ2n) is 6.53. The minimum Gasteiger partial charge on any atom is -0.378 e. The van der Waals surface area contributed by atoms with Crippen LogP contribution in [0, 0.1) is 6.92 Å². The van der Waals surface area contributed by atoms with Crippen LogP contribution in [-0.4, -0.2) is 49.0 Å². The van der Waals surface area contributed by atoms with E-state index in [9.17, 15) is 14.4 Å². The number of nitrogens with zero attached hydrogens (tertiary/aromatic N) is 2. The molecule has 2 heterocycles. The Morgan fingerprint density at radius 3 is 2.41 bits per heavy atom. The predicted molar refractivity (Wildman–Crippen MR) is 109 cm³/mol. The first-order valence-corrected chi connectivity index (χ1v) is 10.00. The van der Waals surface area contributed by atoms with Crippen LogP contribution >= 0.6 is 11.3 Å². The van der Waals surface area contributed by atoms with E-state index >= 15 is 0 Å². The third-order valence-electron chi connectivity index (χ3n) is 4.32. The fourth-order valence-electron chi connectivity index (χ4n) is 2.73. The summed E-state index contributed by atoms with van der Waals surface area (Å²) in [6.07, 6.45) is 0. The lowest BCUT2D eigenvalue weighted by Gasteiger charge is -2.25. The van der Waals surface area contributed by atoms with E-state index in [1.807, 2.05) is 0 Å². The molecule has 1 aliphatic rings. The highest BCUT2D eigenvalue weighted by atomic mass is 32.1. The molecule has 1 fully saturated rings. The van der Waals surface area contributed by atoms with Gasteiger partial charge in [-0.15, -0.1) is 0 Å². The molecule has 0 atom stereocenters. The average molecular weight is 417 g/mol. The summed E-state index contributed by atoms with van der Waals surface area (Å²) in [7, 11) is 0. The van der Waals surface area contributed by atoms with E-state index in [1.54, 1.807) is 31.2 Å². The second-order valence-corrected chi connectivity index (χ2v) is 7.50. The first-order chi connectivity index (χ1) is 13.9. The van der Waals surface area contributed by atoms with Gasteiger partial charge in [-0.05, 0) is 24.6 Å². The number of hydrazine groups is 1. The summed E-state index contributed by atoms with van der Waals surface area (Å²) in [6, 6.07) is 6.75. The van der Waals surface area contributed by atoms with Gasteiger partial charge < -0.3 is 15.0 Å². The Morgan fingerprint density at radius 2 is 1.76 bits per heavy atom. The monoisotopic (exact) mass is 417 g/mol. The Labute approximate surface area is 172 Å². The van der Waals surface area contributed by atoms with Crippen molar-refractivity contribution in [1.29, 1.82) is 0 Å². The Hall–Kier alpha value is -2.98. The number of carbonyl (C=O) groups excluding carboxylic acids is 3. The van der Waals surface area contributed by atoms with Crippen LogP contribution in [0.4, 0.5) is 5.13 Å². The van der Waals surface area contributed by atoms with E-state index in [2.05, 4.69) is 26.1 Å². The lowest BCUT2D eigenvalue weighted by Crippen LogP contribution is -2.41. The van der Waals surface area contributed by atoms with Crippen molar-refractivity contribution in [2.45, 2.75) is 20.4 Å². The topological polar surface area (TPSA) is 113 Å². The normalized spacial score (nSPS) is 13.7. The van der Waals surface area contributed by atoms with Crippen molar-refractivity contribution in [3.05, 3.63) is 46.0 Å². The van der Waals surface area contributed by atoms with Crippen LogP contribution in [0.3, 0.4) is 0 Å². The van der Waals surface area contributed by atoms with E-state index in [4.69, 9.17) is 4.74 Å². The molecule has 29 heavy (non-hydrogen) atoms. The highest BCUT2D eigenvalue weighted by Crippen LogP contribution is 2.26. The highest BCUT2D eigenvalue weighted by molar-refractivity contribution is 7.17. The van der Waals surface area contributed by atoms with E-state index in [0.29, 0.717) is 35.9 Å². The molecule has 0 unspecified atom stereocenters. The molecular weight excluding hydrogens is 394 g/mol. The van der Waals surface area contributed by atoms with Crippen molar-refractivity contribution in [2.24, 2.45) is 0 Å². The minimum absolute atomic E-state index is 0.121. The van der Waals surface area contributed by atoms with Gasteiger partial charge >= 0.3 is 0 Å². The number of anilines is 1. The Bertz CT molecular complexity index is 891. The highest BCUT2D eigenvalue weighted by Gasteiger charge is 2.21. The lowest BCUT2D eigenvalue weighted by atomic mass is 10.1. The molecule has 3 rings (SSSR count). The number of aryl methyl sites for hydroxylation is 1. The van der Waals surface area contributed by atoms with Gasteiger partial charge in [0.25, 0.3) is 11.8 Å². The molecule has 3 amide bonds. The van der Waals surface area contributed by atoms with Gasteiger partial charge in [0.15, 0.2) is 5.13 Å². The van der Waals surface area contributed by atoms with E-state index in [-0.39, 0.29) is 5.91 Å². The van der Waals surface area contributed by atoms with Crippen LogP contribution < -0.4 is 21.1 Å². The fourth-order valence-corrected chi connectivity index (χ4v) is 3.74. The molecular formula is C19H23N5O4S. The van der Waals surface area contributed by atoms with Crippen molar-refractivity contribution in [3.8, 4) is 0 Å². The zero-order valence-corrected chi connectivity index (χ0v) is 17.1. The number of hydrogen-bond donors (Lipinski definition) is 3. The molecule has 1 aromatic carbocycles. The number of ether oxygens (including phenoxy) is 1. The summed E-state index contributed by atoms with van der Waals surface area (Å²) >= 11 is 1.29. The standard InChI is InChI=1S/C19H23N5O4S/c1-12-16(29-19(21-12)24-7-9-28-10-8-24)18(27)23-22-17(26)15-5-3-14(4-6-15)11-20-13(2)25/h3-6H,7-11H2,1-2H3,(H,20,25)(H,22,26)(H,23,27). The smallest absolute Gasteiger partial charge is 0.281 e. The van der Waals surface area contributed by atoms with Crippen LogP contribution in [0.2, 0.25) is 0 Å². The number of morpholine rings is 1. The van der Waals surface area contributed by atoms with Crippen LogP contribution in [-0.2, 0) is 16.1 Å². The maximum absolute atomic E-state index is 12.5. The summed E-state index contributed by atoms with van der Waals surface area (Å²) < 4.78 is 5.33. The zero-order chi connectivity index (χ0) is 20.8. The SMILES string of the molecule is CC(=O)NCc1ccc(C(=O)NNC(=O)c2sc(N3CCOCC3)nc2C)cc1. The van der Waals surface area contributed by atoms with E-state index in [0.717, 1.165) is 23.8 Å². The quantitative estimate of drug-likeness (QED) is 0.626. The number of rotatable bonds is 5. The maximum Gasteiger partial charge on any atom is 0.281 e. The summed E-state index contributed by atoms with van der Waals surface area (Å²) in [5, 5.41) is 3.46. The number of hydrogen-bond acceptors (Lipinski definition) is 7. The zero-order valence-electron chi connectivity index (χ0n) is 16.3. The molecule has 2 aromatic rings. The van der Waals surface area contributed by atoms with Gasteiger partial charge in [-0.2, -0.15) is 0 Å². The van der Waals surface area contributed by atoms with Gasteiger partial charge in [-0.3, -0.25) is 25.2 Å². The van der Waals surface area contributed by atoms with Crippen LogP contribution in [0.1, 0.15) is 38.2 Å². The molecule has 0 spiro atoms. The van der Waals surface area contributed by atoms with Gasteiger partial charge in [-0.25, -0.2) is 4.98 Å². The molecule has 1 aromatic heterocycles. The molecule has 10 heteroatoms. The van der Waals surface area contributed by atoms with Crippen molar-refractivity contribution in [3.63, 3.8) is 0 Å². The number of amides is 3. The van der Waals surface area contributed by atoms with E-state index < -0.39 is 11.8 Å². The molecule has 9 nitrogen and oxygen atoms in total. The van der Waals surface area contributed by atoms with Gasteiger partial charge in [0.1, 0.15) is 4.88 Å². The van der Waals surface area contributed by atoms with Crippen molar-refractivity contribution < 1.29 is 19.1 Å².